The highest BCUT2D eigenvalue weighted by Gasteiger charge is 2.54. The van der Waals surface area contributed by atoms with Gasteiger partial charge in [-0.1, -0.05) is 328 Å². The summed E-state index contributed by atoms with van der Waals surface area (Å²) in [5, 5.41) is 121. The molecule has 19 nitrogen and oxygen atoms in total. The summed E-state index contributed by atoms with van der Waals surface area (Å²) in [5.74, 6) is -0.233. The van der Waals surface area contributed by atoms with Gasteiger partial charge in [0.15, 0.2) is 18.9 Å². The molecular formula is C76H147NO18. The monoisotopic (exact) mass is 1360 g/mol. The largest absolute Gasteiger partial charge is 0.394 e. The zero-order chi connectivity index (χ0) is 68.9. The lowest BCUT2D eigenvalue weighted by molar-refractivity contribution is -0.379. The highest BCUT2D eigenvalue weighted by molar-refractivity contribution is 5.76. The molecule has 3 fully saturated rings. The second kappa shape index (κ2) is 58.3. The number of unbranched alkanes of at least 4 members (excludes halogenated alkanes) is 48. The molecule has 3 heterocycles. The lowest BCUT2D eigenvalue weighted by Gasteiger charge is -2.48. The Morgan fingerprint density at radius 2 is 0.600 bits per heavy atom. The van der Waals surface area contributed by atoms with Gasteiger partial charge < -0.3 is 89.9 Å². The zero-order valence-corrected chi connectivity index (χ0v) is 60.2. The van der Waals surface area contributed by atoms with E-state index in [0.717, 1.165) is 44.9 Å². The fraction of sp³-hybridized carbons (Fsp3) is 0.987. The molecule has 12 N–H and O–H groups in total. The average molecular weight is 1360 g/mol. The van der Waals surface area contributed by atoms with Crippen LogP contribution in [0.15, 0.2) is 0 Å². The Labute approximate surface area is 576 Å². The van der Waals surface area contributed by atoms with Crippen LogP contribution < -0.4 is 5.32 Å². The third kappa shape index (κ3) is 39.1. The summed E-state index contributed by atoms with van der Waals surface area (Å²) in [6.45, 7) is 1.87. The van der Waals surface area contributed by atoms with Crippen LogP contribution in [0, 0.1) is 0 Å². The highest BCUT2D eigenvalue weighted by atomic mass is 16.8. The minimum absolute atomic E-state index is 0.233. The van der Waals surface area contributed by atoms with E-state index >= 15 is 0 Å². The van der Waals surface area contributed by atoms with Gasteiger partial charge in [0.1, 0.15) is 73.2 Å². The molecule has 19 heteroatoms. The van der Waals surface area contributed by atoms with E-state index in [2.05, 4.69) is 19.2 Å². The van der Waals surface area contributed by atoms with E-state index in [-0.39, 0.29) is 18.9 Å². The van der Waals surface area contributed by atoms with E-state index in [9.17, 15) is 61.0 Å². The number of rotatable bonds is 64. The number of aliphatic hydroxyl groups is 11. The van der Waals surface area contributed by atoms with Gasteiger partial charge in [-0.25, -0.2) is 0 Å². The van der Waals surface area contributed by atoms with E-state index in [1.165, 1.54) is 270 Å². The number of aliphatic hydroxyl groups excluding tert-OH is 11. The summed E-state index contributed by atoms with van der Waals surface area (Å²) in [7, 11) is 0. The van der Waals surface area contributed by atoms with Crippen LogP contribution in [0.3, 0.4) is 0 Å². The summed E-state index contributed by atoms with van der Waals surface area (Å²) in [5.41, 5.74) is 0. The molecule has 1 amide bonds. The minimum Gasteiger partial charge on any atom is -0.394 e. The predicted octanol–water partition coefficient (Wildman–Crippen LogP) is 12.6. The maximum absolute atomic E-state index is 13.5. The third-order valence-corrected chi connectivity index (χ3v) is 20.4. The lowest BCUT2D eigenvalue weighted by Crippen LogP contribution is -2.66. The molecule has 3 aliphatic heterocycles. The molecule has 3 rings (SSSR count). The molecule has 3 aliphatic rings. The Hall–Kier alpha value is -1.21. The van der Waals surface area contributed by atoms with Crippen LogP contribution >= 0.6 is 0 Å². The molecule has 0 spiro atoms. The van der Waals surface area contributed by atoms with Crippen molar-refractivity contribution in [1.82, 2.24) is 5.32 Å². The molecule has 95 heavy (non-hydrogen) atoms. The Morgan fingerprint density at radius 1 is 0.337 bits per heavy atom. The molecule has 17 unspecified atom stereocenters. The normalized spacial score (nSPS) is 27.1. The number of carbonyl (C=O) groups is 1. The van der Waals surface area contributed by atoms with Crippen LogP contribution in [0.2, 0.25) is 0 Å². The van der Waals surface area contributed by atoms with Crippen molar-refractivity contribution in [2.45, 2.75) is 452 Å². The van der Waals surface area contributed by atoms with E-state index in [4.69, 9.17) is 28.4 Å². The fourth-order valence-electron chi connectivity index (χ4n) is 14.0. The first-order valence-electron chi connectivity index (χ1n) is 39.8. The van der Waals surface area contributed by atoms with Crippen molar-refractivity contribution in [3.63, 3.8) is 0 Å². The van der Waals surface area contributed by atoms with E-state index in [1.54, 1.807) is 0 Å². The molecule has 3 saturated heterocycles. The number of hydrogen-bond donors (Lipinski definition) is 12. The van der Waals surface area contributed by atoms with Crippen LogP contribution in [0.1, 0.15) is 348 Å². The van der Waals surface area contributed by atoms with Crippen molar-refractivity contribution in [2.24, 2.45) is 0 Å². The van der Waals surface area contributed by atoms with Gasteiger partial charge in [0.2, 0.25) is 5.91 Å². The zero-order valence-electron chi connectivity index (χ0n) is 60.2. The van der Waals surface area contributed by atoms with Crippen LogP contribution in [0.4, 0.5) is 0 Å². The van der Waals surface area contributed by atoms with Crippen LogP contribution in [-0.2, 0) is 33.2 Å². The lowest BCUT2D eigenvalue weighted by atomic mass is 9.96. The number of hydrogen-bond acceptors (Lipinski definition) is 18. The van der Waals surface area contributed by atoms with Gasteiger partial charge in [0.25, 0.3) is 0 Å². The van der Waals surface area contributed by atoms with E-state index < -0.39 is 124 Å². The molecule has 17 atom stereocenters. The number of amides is 1. The summed E-state index contributed by atoms with van der Waals surface area (Å²) in [6, 6.07) is -0.883. The highest BCUT2D eigenvalue weighted by Crippen LogP contribution is 2.33. The quantitative estimate of drug-likeness (QED) is 0.0252. The molecule has 0 aromatic heterocycles. The summed E-state index contributed by atoms with van der Waals surface area (Å²) in [4.78, 5) is 13.5. The number of carbonyl (C=O) groups excluding carboxylic acids is 1. The van der Waals surface area contributed by atoms with E-state index in [1.807, 2.05) is 0 Å². The SMILES string of the molecule is CCCCCCCCCCCCCCCCCCCCCCCCCCCCCC(=O)NC(COC1OC(CO)C(OC2OC(CO)C(OC3OC(CO)C(O)C(O)C3O)C(O)C2O)C(O)C1O)C(O)CCCCCCCCCCCCCCCCCCCCCCCCC. The van der Waals surface area contributed by atoms with Crippen molar-refractivity contribution < 1.29 is 89.4 Å². The van der Waals surface area contributed by atoms with Gasteiger partial charge >= 0.3 is 0 Å². The molecule has 564 valence electrons. The van der Waals surface area contributed by atoms with Crippen molar-refractivity contribution in [3.05, 3.63) is 0 Å². The van der Waals surface area contributed by atoms with Crippen molar-refractivity contribution in [1.29, 1.82) is 0 Å². The summed E-state index contributed by atoms with van der Waals surface area (Å²) < 4.78 is 34.5. The van der Waals surface area contributed by atoms with E-state index in [0.29, 0.717) is 12.8 Å². The first kappa shape index (κ1) is 88.0. The van der Waals surface area contributed by atoms with Crippen LogP contribution in [0.5, 0.6) is 0 Å². The van der Waals surface area contributed by atoms with Crippen LogP contribution in [0.25, 0.3) is 0 Å². The molecule has 0 aromatic carbocycles. The minimum atomic E-state index is -1.97. The second-order valence-corrected chi connectivity index (χ2v) is 28.9. The summed E-state index contributed by atoms with van der Waals surface area (Å²) >= 11 is 0. The molecule has 0 radical (unpaired) electrons. The van der Waals surface area contributed by atoms with Gasteiger partial charge in [0, 0.05) is 6.42 Å². The third-order valence-electron chi connectivity index (χ3n) is 20.4. The van der Waals surface area contributed by atoms with Crippen LogP contribution in [-0.4, -0.2) is 193 Å². The second-order valence-electron chi connectivity index (χ2n) is 28.9. The van der Waals surface area contributed by atoms with Crippen molar-refractivity contribution >= 4 is 5.91 Å². The Balaban J connectivity index is 1.37. The van der Waals surface area contributed by atoms with Crippen molar-refractivity contribution in [3.8, 4) is 0 Å². The standard InChI is InChI=1S/C76H147NO18/c1-3-5-7-9-11-13-15-17-19-21-23-25-27-28-29-30-32-34-36-38-40-42-44-46-48-50-52-54-64(82)77-59(60(81)53-51-49-47-45-43-41-39-37-35-33-31-26-24-22-20-18-16-14-12-10-8-6-4-2)58-90-74-70(88)67(85)72(62(56-79)92-74)95-76-71(89)68(86)73(63(57-80)93-76)94-75-69(87)66(84)65(83)61(55-78)91-75/h59-63,65-76,78-81,83-89H,3-58H2,1-2H3,(H,77,82). The Bertz CT molecular complexity index is 1720. The van der Waals surface area contributed by atoms with Gasteiger partial charge in [-0.05, 0) is 12.8 Å². The van der Waals surface area contributed by atoms with Gasteiger partial charge in [-0.15, -0.1) is 0 Å². The molecule has 0 saturated carbocycles. The first-order valence-corrected chi connectivity index (χ1v) is 39.8. The first-order chi connectivity index (χ1) is 46.3. The molecule has 0 aromatic rings. The van der Waals surface area contributed by atoms with Gasteiger partial charge in [-0.2, -0.15) is 0 Å². The smallest absolute Gasteiger partial charge is 0.220 e. The Kier molecular flexibility index (Phi) is 54.0. The predicted molar refractivity (Wildman–Crippen MR) is 374 cm³/mol. The molecular weight excluding hydrogens is 1210 g/mol. The topological polar surface area (TPSA) is 307 Å². The molecule has 0 bridgehead atoms. The summed E-state index contributed by atoms with van der Waals surface area (Å²) in [6.07, 6.45) is 39.0. The average Bonchev–Trinajstić information content (AvgIpc) is 0.787. The fourth-order valence-corrected chi connectivity index (χ4v) is 14.0. The Morgan fingerprint density at radius 3 is 0.916 bits per heavy atom. The maximum Gasteiger partial charge on any atom is 0.220 e. The number of nitrogens with one attached hydrogen (secondary N) is 1. The number of ether oxygens (including phenoxy) is 6. The molecule has 0 aliphatic carbocycles. The maximum atomic E-state index is 13.5. The van der Waals surface area contributed by atoms with Gasteiger partial charge in [-0.3, -0.25) is 4.79 Å². The van der Waals surface area contributed by atoms with Gasteiger partial charge in [0.05, 0.1) is 38.6 Å². The van der Waals surface area contributed by atoms with Crippen molar-refractivity contribution in [2.75, 3.05) is 26.4 Å².